The van der Waals surface area contributed by atoms with Crippen LogP contribution in [0.15, 0.2) is 4.52 Å². The van der Waals surface area contributed by atoms with Gasteiger partial charge in [-0.05, 0) is 46.2 Å². The number of rotatable bonds is 6. The normalized spacial score (nSPS) is 16.0. The Labute approximate surface area is 120 Å². The Hall–Kier alpha value is -1.36. The van der Waals surface area contributed by atoms with E-state index in [1.54, 1.807) is 0 Å². The van der Waals surface area contributed by atoms with Gasteiger partial charge in [-0.25, -0.2) is 0 Å². The first-order valence-corrected chi connectivity index (χ1v) is 7.55. The Morgan fingerprint density at radius 2 is 2.15 bits per heavy atom. The van der Waals surface area contributed by atoms with Gasteiger partial charge < -0.3 is 14.7 Å². The molecule has 5 heteroatoms. The summed E-state index contributed by atoms with van der Waals surface area (Å²) in [7, 11) is 4.09. The van der Waals surface area contributed by atoms with Gasteiger partial charge in [0.2, 0.25) is 5.76 Å². The number of aryl methyl sites for hydroxylation is 1. The molecule has 1 amide bonds. The molecule has 1 aromatic rings. The van der Waals surface area contributed by atoms with Crippen LogP contribution in [0.3, 0.4) is 0 Å². The zero-order valence-corrected chi connectivity index (χ0v) is 12.7. The number of aromatic nitrogens is 1. The largest absolute Gasteiger partial charge is 0.350 e. The summed E-state index contributed by atoms with van der Waals surface area (Å²) in [5, 5.41) is 7.02. The second kappa shape index (κ2) is 6.88. The van der Waals surface area contributed by atoms with E-state index in [0.717, 1.165) is 49.8 Å². The lowest BCUT2D eigenvalue weighted by atomic mass is 9.96. The van der Waals surface area contributed by atoms with Crippen LogP contribution < -0.4 is 5.32 Å². The van der Waals surface area contributed by atoms with Crippen molar-refractivity contribution in [2.75, 3.05) is 20.6 Å². The van der Waals surface area contributed by atoms with Gasteiger partial charge in [-0.3, -0.25) is 4.79 Å². The molecule has 0 aliphatic heterocycles. The van der Waals surface area contributed by atoms with E-state index in [1.807, 2.05) is 14.1 Å². The summed E-state index contributed by atoms with van der Waals surface area (Å²) in [6, 6.07) is 0.364. The van der Waals surface area contributed by atoms with Crippen molar-refractivity contribution >= 4 is 5.91 Å². The summed E-state index contributed by atoms with van der Waals surface area (Å²) < 4.78 is 5.26. The SMILES string of the molecule is CCC[C@@H](CNC(=O)c1onc2c1CCCC2)N(C)C. The Balaban J connectivity index is 1.96. The maximum atomic E-state index is 12.2. The Morgan fingerprint density at radius 3 is 2.85 bits per heavy atom. The van der Waals surface area contributed by atoms with Crippen molar-refractivity contribution in [2.45, 2.75) is 51.5 Å². The summed E-state index contributed by atoms with van der Waals surface area (Å²) in [4.78, 5) is 14.4. The van der Waals surface area contributed by atoms with E-state index in [2.05, 4.69) is 22.3 Å². The number of hydrogen-bond donors (Lipinski definition) is 1. The van der Waals surface area contributed by atoms with E-state index in [9.17, 15) is 4.79 Å². The van der Waals surface area contributed by atoms with Crippen LogP contribution in [0.2, 0.25) is 0 Å². The van der Waals surface area contributed by atoms with E-state index >= 15 is 0 Å². The highest BCUT2D eigenvalue weighted by Gasteiger charge is 2.24. The zero-order valence-electron chi connectivity index (χ0n) is 12.7. The van der Waals surface area contributed by atoms with E-state index < -0.39 is 0 Å². The van der Waals surface area contributed by atoms with Gasteiger partial charge in [0.25, 0.3) is 5.91 Å². The zero-order chi connectivity index (χ0) is 14.5. The molecular formula is C15H25N3O2. The third-order valence-electron chi connectivity index (χ3n) is 4.02. The quantitative estimate of drug-likeness (QED) is 0.865. The second-order valence-corrected chi connectivity index (χ2v) is 5.76. The van der Waals surface area contributed by atoms with Crippen LogP contribution in [-0.4, -0.2) is 42.6 Å². The van der Waals surface area contributed by atoms with Gasteiger partial charge in [0.1, 0.15) is 0 Å². The summed E-state index contributed by atoms with van der Waals surface area (Å²) in [6.07, 6.45) is 6.28. The minimum atomic E-state index is -0.122. The molecule has 0 saturated heterocycles. The Kier molecular flexibility index (Phi) is 5.17. The van der Waals surface area contributed by atoms with Gasteiger partial charge in [-0.2, -0.15) is 0 Å². The average molecular weight is 279 g/mol. The minimum absolute atomic E-state index is 0.122. The van der Waals surface area contributed by atoms with Gasteiger partial charge in [-0.1, -0.05) is 18.5 Å². The molecule has 20 heavy (non-hydrogen) atoms. The van der Waals surface area contributed by atoms with Crippen molar-refractivity contribution in [3.8, 4) is 0 Å². The van der Waals surface area contributed by atoms with Gasteiger partial charge in [0.15, 0.2) is 0 Å². The molecule has 2 rings (SSSR count). The predicted octanol–water partition coefficient (Wildman–Crippen LogP) is 2.01. The molecule has 0 aromatic carbocycles. The molecule has 0 unspecified atom stereocenters. The van der Waals surface area contributed by atoms with Crippen LogP contribution in [0.5, 0.6) is 0 Å². The van der Waals surface area contributed by atoms with Crippen LogP contribution in [0, 0.1) is 0 Å². The fraction of sp³-hybridized carbons (Fsp3) is 0.733. The van der Waals surface area contributed by atoms with Crippen LogP contribution >= 0.6 is 0 Å². The van der Waals surface area contributed by atoms with E-state index in [4.69, 9.17) is 4.52 Å². The molecule has 0 fully saturated rings. The first-order valence-electron chi connectivity index (χ1n) is 7.55. The second-order valence-electron chi connectivity index (χ2n) is 5.76. The lowest BCUT2D eigenvalue weighted by Crippen LogP contribution is -2.40. The summed E-state index contributed by atoms with van der Waals surface area (Å²) in [6.45, 7) is 2.81. The fourth-order valence-corrected chi connectivity index (χ4v) is 2.74. The standard InChI is InChI=1S/C15H25N3O2/c1-4-7-11(18(2)3)10-16-15(19)14-12-8-5-6-9-13(12)17-20-14/h11H,4-10H2,1-3H3,(H,16,19)/t11-/m0/s1. The molecule has 0 spiro atoms. The highest BCUT2D eigenvalue weighted by Crippen LogP contribution is 2.23. The molecule has 0 bridgehead atoms. The van der Waals surface area contributed by atoms with Gasteiger partial charge >= 0.3 is 0 Å². The average Bonchev–Trinajstić information content (AvgIpc) is 2.86. The van der Waals surface area contributed by atoms with E-state index in [0.29, 0.717) is 18.3 Å². The van der Waals surface area contributed by atoms with Crippen LogP contribution in [0.25, 0.3) is 0 Å². The molecule has 112 valence electrons. The third kappa shape index (κ3) is 3.39. The summed E-state index contributed by atoms with van der Waals surface area (Å²) in [5.74, 6) is 0.303. The third-order valence-corrected chi connectivity index (χ3v) is 4.02. The number of hydrogen-bond acceptors (Lipinski definition) is 4. The van der Waals surface area contributed by atoms with E-state index in [1.165, 1.54) is 0 Å². The van der Waals surface area contributed by atoms with Crippen molar-refractivity contribution in [3.05, 3.63) is 17.0 Å². The molecule has 1 aliphatic rings. The first kappa shape index (κ1) is 15.0. The van der Waals surface area contributed by atoms with Crippen molar-refractivity contribution < 1.29 is 9.32 Å². The van der Waals surface area contributed by atoms with Crippen molar-refractivity contribution in [2.24, 2.45) is 0 Å². The number of carbonyl (C=O) groups excluding carboxylic acids is 1. The molecule has 1 N–H and O–H groups in total. The fourth-order valence-electron chi connectivity index (χ4n) is 2.74. The van der Waals surface area contributed by atoms with Gasteiger partial charge in [-0.15, -0.1) is 0 Å². The number of likely N-dealkylation sites (N-methyl/N-ethyl adjacent to an activating group) is 1. The molecular weight excluding hydrogens is 254 g/mol. The molecule has 0 radical (unpaired) electrons. The first-order chi connectivity index (χ1) is 9.63. The number of nitrogens with one attached hydrogen (secondary N) is 1. The van der Waals surface area contributed by atoms with Crippen molar-refractivity contribution in [1.29, 1.82) is 0 Å². The Bertz CT molecular complexity index is 454. The number of nitrogens with zero attached hydrogens (tertiary/aromatic N) is 2. The Morgan fingerprint density at radius 1 is 1.40 bits per heavy atom. The lowest BCUT2D eigenvalue weighted by molar-refractivity contribution is 0.0902. The number of amides is 1. The highest BCUT2D eigenvalue weighted by molar-refractivity contribution is 5.93. The van der Waals surface area contributed by atoms with Crippen molar-refractivity contribution in [3.63, 3.8) is 0 Å². The van der Waals surface area contributed by atoms with E-state index in [-0.39, 0.29) is 5.91 Å². The molecule has 1 atom stereocenters. The molecule has 5 nitrogen and oxygen atoms in total. The maximum Gasteiger partial charge on any atom is 0.290 e. The molecule has 0 saturated carbocycles. The molecule has 1 aliphatic carbocycles. The maximum absolute atomic E-state index is 12.2. The topological polar surface area (TPSA) is 58.4 Å². The predicted molar refractivity (Wildman–Crippen MR) is 77.9 cm³/mol. The minimum Gasteiger partial charge on any atom is -0.350 e. The highest BCUT2D eigenvalue weighted by atomic mass is 16.5. The van der Waals surface area contributed by atoms with Crippen LogP contribution in [0.4, 0.5) is 0 Å². The molecule has 1 heterocycles. The van der Waals surface area contributed by atoms with Crippen molar-refractivity contribution in [1.82, 2.24) is 15.4 Å². The number of carbonyl (C=O) groups is 1. The summed E-state index contributed by atoms with van der Waals surface area (Å²) >= 11 is 0. The molecule has 1 aromatic heterocycles. The van der Waals surface area contributed by atoms with Gasteiger partial charge in [0.05, 0.1) is 5.69 Å². The van der Waals surface area contributed by atoms with Gasteiger partial charge in [0, 0.05) is 18.2 Å². The monoisotopic (exact) mass is 279 g/mol. The van der Waals surface area contributed by atoms with Crippen LogP contribution in [-0.2, 0) is 12.8 Å². The lowest BCUT2D eigenvalue weighted by Gasteiger charge is -2.23. The number of fused-ring (bicyclic) bond motifs is 1. The van der Waals surface area contributed by atoms with Crippen LogP contribution in [0.1, 0.15) is 54.4 Å². The summed E-state index contributed by atoms with van der Waals surface area (Å²) in [5.41, 5.74) is 1.99. The smallest absolute Gasteiger partial charge is 0.290 e.